The van der Waals surface area contributed by atoms with Crippen molar-refractivity contribution in [2.45, 2.75) is 42.4 Å². The highest BCUT2D eigenvalue weighted by Crippen LogP contribution is 2.39. The molecule has 0 aliphatic carbocycles. The number of rotatable bonds is 7. The standard InChI is InChI=1S/C24H26N2O5S/c1-16(2)19-7-3-4-8-21(19)32-22-11-9-17(14-20(22)26(30)31)10-12-23(27)25-13-5-6-18(15-25)24(28)29/h3-4,7-12,14,16,18H,5-6,13,15H2,1-2H3,(H,28,29). The number of hydrogen-bond donors (Lipinski definition) is 1. The van der Waals surface area contributed by atoms with E-state index < -0.39 is 16.8 Å². The molecule has 1 amide bonds. The predicted octanol–water partition coefficient (Wildman–Crippen LogP) is 5.21. The molecule has 8 heteroatoms. The first kappa shape index (κ1) is 23.5. The number of likely N-dealkylation sites (tertiary alicyclic amines) is 1. The van der Waals surface area contributed by atoms with Gasteiger partial charge in [-0.25, -0.2) is 0 Å². The third kappa shape index (κ3) is 5.76. The van der Waals surface area contributed by atoms with Crippen LogP contribution in [-0.2, 0) is 9.59 Å². The third-order valence-electron chi connectivity index (χ3n) is 5.44. The molecule has 168 valence electrons. The lowest BCUT2D eigenvalue weighted by Crippen LogP contribution is -2.41. The Morgan fingerprint density at radius 1 is 1.22 bits per heavy atom. The number of carbonyl (C=O) groups is 2. The average molecular weight is 455 g/mol. The summed E-state index contributed by atoms with van der Waals surface area (Å²) in [6.07, 6.45) is 4.10. The van der Waals surface area contributed by atoms with E-state index in [-0.39, 0.29) is 18.1 Å². The van der Waals surface area contributed by atoms with Crippen LogP contribution in [-0.4, -0.2) is 39.9 Å². The van der Waals surface area contributed by atoms with Crippen molar-refractivity contribution in [3.05, 3.63) is 69.8 Å². The molecule has 1 N–H and O–H groups in total. The topological polar surface area (TPSA) is 101 Å². The Bertz CT molecular complexity index is 1050. The number of benzene rings is 2. The van der Waals surface area contributed by atoms with Crippen molar-refractivity contribution in [2.24, 2.45) is 5.92 Å². The lowest BCUT2D eigenvalue weighted by molar-refractivity contribution is -0.387. The van der Waals surface area contributed by atoms with Crippen molar-refractivity contribution in [3.8, 4) is 0 Å². The number of amides is 1. The number of piperidine rings is 1. The molecule has 0 spiro atoms. The molecular weight excluding hydrogens is 428 g/mol. The van der Waals surface area contributed by atoms with Crippen molar-refractivity contribution < 1.29 is 19.6 Å². The quantitative estimate of drug-likeness (QED) is 0.350. The fraction of sp³-hybridized carbons (Fsp3) is 0.333. The van der Waals surface area contributed by atoms with Gasteiger partial charge in [-0.3, -0.25) is 19.7 Å². The highest BCUT2D eigenvalue weighted by Gasteiger charge is 2.27. The molecule has 2 aromatic carbocycles. The molecule has 1 saturated heterocycles. The average Bonchev–Trinajstić information content (AvgIpc) is 2.78. The summed E-state index contributed by atoms with van der Waals surface area (Å²) in [5.41, 5.74) is 1.65. The van der Waals surface area contributed by atoms with Gasteiger partial charge in [0.15, 0.2) is 0 Å². The van der Waals surface area contributed by atoms with Crippen LogP contribution in [0, 0.1) is 16.0 Å². The molecule has 32 heavy (non-hydrogen) atoms. The summed E-state index contributed by atoms with van der Waals surface area (Å²) in [6.45, 7) is 4.86. The smallest absolute Gasteiger partial charge is 0.308 e. The van der Waals surface area contributed by atoms with E-state index in [4.69, 9.17) is 0 Å². The van der Waals surface area contributed by atoms with Crippen LogP contribution in [0.4, 0.5) is 5.69 Å². The first-order valence-corrected chi connectivity index (χ1v) is 11.3. The zero-order valence-corrected chi connectivity index (χ0v) is 18.9. The summed E-state index contributed by atoms with van der Waals surface area (Å²) in [5.74, 6) is -1.44. The maximum absolute atomic E-state index is 12.5. The van der Waals surface area contributed by atoms with Crippen molar-refractivity contribution in [2.75, 3.05) is 13.1 Å². The van der Waals surface area contributed by atoms with Crippen LogP contribution in [0.15, 0.2) is 58.3 Å². The Hall–Kier alpha value is -3.13. The Balaban J connectivity index is 1.78. The molecule has 0 bridgehead atoms. The number of carboxylic acid groups (broad SMARTS) is 1. The summed E-state index contributed by atoms with van der Waals surface area (Å²) in [6, 6.07) is 12.8. The van der Waals surface area contributed by atoms with Crippen molar-refractivity contribution in [3.63, 3.8) is 0 Å². The number of nitrogens with zero attached hydrogens (tertiary/aromatic N) is 2. The van der Waals surface area contributed by atoms with Crippen LogP contribution in [0.25, 0.3) is 6.08 Å². The van der Waals surface area contributed by atoms with E-state index in [2.05, 4.69) is 13.8 Å². The van der Waals surface area contributed by atoms with Crippen LogP contribution in [0.5, 0.6) is 0 Å². The number of aliphatic carboxylic acids is 1. The summed E-state index contributed by atoms with van der Waals surface area (Å²) in [4.78, 5) is 38.0. The minimum atomic E-state index is -0.894. The number of carboxylic acids is 1. The number of nitro groups is 1. The van der Waals surface area contributed by atoms with Gasteiger partial charge in [0.1, 0.15) is 0 Å². The summed E-state index contributed by atoms with van der Waals surface area (Å²) in [5, 5.41) is 20.9. The Morgan fingerprint density at radius 3 is 2.66 bits per heavy atom. The molecule has 1 fully saturated rings. The Labute approximate surface area is 191 Å². The fourth-order valence-corrected chi connectivity index (χ4v) is 4.87. The highest BCUT2D eigenvalue weighted by atomic mass is 32.2. The number of hydrogen-bond acceptors (Lipinski definition) is 5. The number of nitro benzene ring substituents is 1. The molecule has 0 saturated carbocycles. The second-order valence-electron chi connectivity index (χ2n) is 8.07. The fourth-order valence-electron chi connectivity index (χ4n) is 3.69. The van der Waals surface area contributed by atoms with Crippen LogP contribution in [0.2, 0.25) is 0 Å². The molecule has 7 nitrogen and oxygen atoms in total. The van der Waals surface area contributed by atoms with Gasteiger partial charge >= 0.3 is 5.97 Å². The molecule has 3 rings (SSSR count). The maximum Gasteiger partial charge on any atom is 0.308 e. The van der Waals surface area contributed by atoms with Crippen LogP contribution in [0.1, 0.15) is 43.7 Å². The van der Waals surface area contributed by atoms with E-state index in [0.717, 1.165) is 10.5 Å². The highest BCUT2D eigenvalue weighted by molar-refractivity contribution is 7.99. The molecular formula is C24H26N2O5S. The van der Waals surface area contributed by atoms with Gasteiger partial charge in [0.2, 0.25) is 5.91 Å². The zero-order valence-electron chi connectivity index (χ0n) is 18.1. The molecule has 1 aliphatic heterocycles. The van der Waals surface area contributed by atoms with E-state index >= 15 is 0 Å². The van der Waals surface area contributed by atoms with Crippen LogP contribution in [0.3, 0.4) is 0 Å². The van der Waals surface area contributed by atoms with Gasteiger partial charge in [-0.2, -0.15) is 0 Å². The van der Waals surface area contributed by atoms with Gasteiger partial charge in [-0.05, 0) is 48.1 Å². The third-order valence-corrected chi connectivity index (χ3v) is 6.60. The van der Waals surface area contributed by atoms with Crippen molar-refractivity contribution >= 4 is 35.4 Å². The van der Waals surface area contributed by atoms with Crippen molar-refractivity contribution in [1.82, 2.24) is 4.90 Å². The van der Waals surface area contributed by atoms with Crippen LogP contribution < -0.4 is 0 Å². The van der Waals surface area contributed by atoms with Gasteiger partial charge in [0, 0.05) is 30.1 Å². The van der Waals surface area contributed by atoms with Gasteiger partial charge in [-0.15, -0.1) is 0 Å². The largest absolute Gasteiger partial charge is 0.481 e. The molecule has 1 atom stereocenters. The second kappa shape index (κ2) is 10.5. The van der Waals surface area contributed by atoms with E-state index in [1.165, 1.54) is 34.9 Å². The minimum absolute atomic E-state index is 0.0212. The molecule has 1 heterocycles. The van der Waals surface area contributed by atoms with Gasteiger partial charge < -0.3 is 10.0 Å². The first-order chi connectivity index (χ1) is 15.3. The molecule has 0 aromatic heterocycles. The number of carbonyl (C=O) groups excluding carboxylic acids is 1. The van der Waals surface area contributed by atoms with E-state index in [1.54, 1.807) is 12.1 Å². The van der Waals surface area contributed by atoms with E-state index in [9.17, 15) is 24.8 Å². The summed E-state index contributed by atoms with van der Waals surface area (Å²) in [7, 11) is 0. The van der Waals surface area contributed by atoms with E-state index in [0.29, 0.717) is 35.8 Å². The predicted molar refractivity (Wildman–Crippen MR) is 124 cm³/mol. The maximum atomic E-state index is 12.5. The van der Waals surface area contributed by atoms with Gasteiger partial charge in [0.25, 0.3) is 5.69 Å². The molecule has 2 aromatic rings. The summed E-state index contributed by atoms with van der Waals surface area (Å²) >= 11 is 1.36. The lowest BCUT2D eigenvalue weighted by Gasteiger charge is -2.29. The SMILES string of the molecule is CC(C)c1ccccc1Sc1ccc(C=CC(=O)N2CCCC(C(=O)O)C2)cc1[N+](=O)[O-]. The first-order valence-electron chi connectivity index (χ1n) is 10.5. The van der Waals surface area contributed by atoms with Crippen molar-refractivity contribution in [1.29, 1.82) is 0 Å². The second-order valence-corrected chi connectivity index (χ2v) is 9.16. The molecule has 1 unspecified atom stereocenters. The van der Waals surface area contributed by atoms with Gasteiger partial charge in [0.05, 0.1) is 15.7 Å². The summed E-state index contributed by atoms with van der Waals surface area (Å²) < 4.78 is 0. The van der Waals surface area contributed by atoms with Gasteiger partial charge in [-0.1, -0.05) is 49.9 Å². The molecule has 0 radical (unpaired) electrons. The zero-order chi connectivity index (χ0) is 23.3. The molecule has 1 aliphatic rings. The minimum Gasteiger partial charge on any atom is -0.481 e. The lowest BCUT2D eigenvalue weighted by atomic mass is 9.98. The normalized spacial score (nSPS) is 16.5. The Morgan fingerprint density at radius 2 is 1.97 bits per heavy atom. The Kier molecular flexibility index (Phi) is 7.69. The van der Waals surface area contributed by atoms with E-state index in [1.807, 2.05) is 24.3 Å². The monoisotopic (exact) mass is 454 g/mol. The van der Waals surface area contributed by atoms with Crippen LogP contribution >= 0.6 is 11.8 Å².